The molecule has 0 aromatic heterocycles. The van der Waals surface area contributed by atoms with E-state index in [2.05, 4.69) is 37.3 Å². The van der Waals surface area contributed by atoms with Crippen molar-refractivity contribution < 1.29 is 8.42 Å². The monoisotopic (exact) mass is 393 g/mol. The molecule has 2 fully saturated rings. The number of aryl methyl sites for hydroxylation is 1. The van der Waals surface area contributed by atoms with E-state index >= 15 is 0 Å². The summed E-state index contributed by atoms with van der Waals surface area (Å²) >= 11 is 0. The molecular weight excluding hydrogens is 366 g/mol. The molecule has 146 valence electrons. The van der Waals surface area contributed by atoms with Crippen molar-refractivity contribution in [2.45, 2.75) is 49.8 Å². The summed E-state index contributed by atoms with van der Waals surface area (Å²) in [7, 11) is -3.45. The Balaban J connectivity index is 1.51. The van der Waals surface area contributed by atoms with Crippen LogP contribution in [0.2, 0.25) is 0 Å². The number of nitrogens with zero attached hydrogens (tertiary/aromatic N) is 1. The Morgan fingerprint density at radius 3 is 2.29 bits per heavy atom. The summed E-state index contributed by atoms with van der Waals surface area (Å²) in [5.74, 6) is 0. The lowest BCUT2D eigenvalue weighted by Gasteiger charge is -2.39. The van der Waals surface area contributed by atoms with E-state index in [1.807, 2.05) is 19.1 Å². The van der Waals surface area contributed by atoms with Gasteiger partial charge >= 0.3 is 0 Å². The van der Waals surface area contributed by atoms with Gasteiger partial charge in [-0.25, -0.2) is 8.42 Å². The van der Waals surface area contributed by atoms with Crippen LogP contribution in [0.3, 0.4) is 0 Å². The lowest BCUT2D eigenvalue weighted by molar-refractivity contribution is 0.302. The number of sulfonamides is 1. The third-order valence-corrected chi connectivity index (χ3v) is 9.18. The fraction of sp³-hybridized carbons (Fsp3) is 0.417. The Kier molecular flexibility index (Phi) is 3.91. The van der Waals surface area contributed by atoms with Crippen molar-refractivity contribution in [1.29, 1.82) is 0 Å². The van der Waals surface area contributed by atoms with Crippen LogP contribution in [0.1, 0.15) is 43.7 Å². The predicted molar refractivity (Wildman–Crippen MR) is 112 cm³/mol. The van der Waals surface area contributed by atoms with Gasteiger partial charge in [-0.2, -0.15) is 4.31 Å². The fourth-order valence-electron chi connectivity index (χ4n) is 6.05. The van der Waals surface area contributed by atoms with Crippen LogP contribution in [0.25, 0.3) is 0 Å². The number of allylic oxidation sites excluding steroid dienone is 1. The highest BCUT2D eigenvalue weighted by Crippen LogP contribution is 2.63. The maximum absolute atomic E-state index is 13.3. The van der Waals surface area contributed by atoms with Gasteiger partial charge in [0.25, 0.3) is 0 Å². The van der Waals surface area contributed by atoms with E-state index in [-0.39, 0.29) is 10.8 Å². The minimum Gasteiger partial charge on any atom is -0.207 e. The third kappa shape index (κ3) is 2.54. The second kappa shape index (κ2) is 6.04. The van der Waals surface area contributed by atoms with Gasteiger partial charge in [-0.3, -0.25) is 0 Å². The summed E-state index contributed by atoms with van der Waals surface area (Å²) in [6.45, 7) is 5.40. The summed E-state index contributed by atoms with van der Waals surface area (Å²) in [5.41, 5.74) is 5.51. The van der Waals surface area contributed by atoms with Gasteiger partial charge in [0.2, 0.25) is 10.0 Å². The first-order valence-electron chi connectivity index (χ1n) is 10.2. The van der Waals surface area contributed by atoms with Crippen LogP contribution in [-0.4, -0.2) is 25.8 Å². The number of hydrogen-bond donors (Lipinski definition) is 0. The Bertz CT molecular complexity index is 1060. The van der Waals surface area contributed by atoms with Crippen LogP contribution in [0.5, 0.6) is 0 Å². The molecule has 1 aliphatic heterocycles. The quantitative estimate of drug-likeness (QED) is 0.701. The zero-order valence-electron chi connectivity index (χ0n) is 16.6. The minimum atomic E-state index is -3.45. The Morgan fingerprint density at radius 2 is 1.57 bits per heavy atom. The topological polar surface area (TPSA) is 37.4 Å². The molecule has 2 aliphatic carbocycles. The molecule has 0 N–H and O–H groups in total. The molecule has 1 spiro atoms. The van der Waals surface area contributed by atoms with Crippen molar-refractivity contribution in [2.75, 3.05) is 13.1 Å². The van der Waals surface area contributed by atoms with E-state index in [1.165, 1.54) is 16.7 Å². The zero-order valence-corrected chi connectivity index (χ0v) is 17.4. The van der Waals surface area contributed by atoms with Crippen LogP contribution in [-0.2, 0) is 15.4 Å². The van der Waals surface area contributed by atoms with Crippen molar-refractivity contribution in [3.05, 3.63) is 76.9 Å². The summed E-state index contributed by atoms with van der Waals surface area (Å²) in [6.07, 6.45) is 4.38. The molecule has 0 radical (unpaired) electrons. The SMILES string of the molecule is CC1=C2CN(S(=O)(=O)c3ccc(C)cc3)C[C@]23CC[C@](c2ccccc2)(C1)C3. The molecule has 4 heteroatoms. The van der Waals surface area contributed by atoms with E-state index in [4.69, 9.17) is 0 Å². The van der Waals surface area contributed by atoms with Gasteiger partial charge in [0, 0.05) is 18.5 Å². The molecule has 2 bridgehead atoms. The molecule has 3 nitrogen and oxygen atoms in total. The molecule has 2 aromatic rings. The Hall–Kier alpha value is -1.91. The highest BCUT2D eigenvalue weighted by atomic mass is 32.2. The molecular formula is C24H27NO2S. The van der Waals surface area contributed by atoms with E-state index < -0.39 is 10.0 Å². The second-order valence-electron chi connectivity index (χ2n) is 9.13. The predicted octanol–water partition coefficient (Wildman–Crippen LogP) is 4.83. The van der Waals surface area contributed by atoms with Gasteiger partial charge in [0.05, 0.1) is 4.90 Å². The molecule has 1 saturated heterocycles. The van der Waals surface area contributed by atoms with Crippen molar-refractivity contribution in [2.24, 2.45) is 5.41 Å². The molecule has 28 heavy (non-hydrogen) atoms. The summed E-state index contributed by atoms with van der Waals surface area (Å²) in [6, 6.07) is 18.1. The second-order valence-corrected chi connectivity index (χ2v) is 11.1. The molecule has 0 amide bonds. The number of hydrogen-bond acceptors (Lipinski definition) is 2. The van der Waals surface area contributed by atoms with E-state index in [1.54, 1.807) is 16.4 Å². The normalized spacial score (nSPS) is 29.9. The molecule has 0 unspecified atom stereocenters. The van der Waals surface area contributed by atoms with Gasteiger partial charge in [-0.1, -0.05) is 53.6 Å². The lowest BCUT2D eigenvalue weighted by Crippen LogP contribution is -2.34. The minimum absolute atomic E-state index is 0.0238. The average Bonchev–Trinajstić information content (AvgIpc) is 3.24. The Labute approximate surface area is 168 Å². The number of fused-ring (bicyclic) bond motifs is 1. The van der Waals surface area contributed by atoms with Crippen LogP contribution < -0.4 is 0 Å². The third-order valence-electron chi connectivity index (χ3n) is 7.38. The maximum Gasteiger partial charge on any atom is 0.243 e. The Morgan fingerprint density at radius 1 is 0.893 bits per heavy atom. The highest BCUT2D eigenvalue weighted by molar-refractivity contribution is 7.89. The summed E-state index contributed by atoms with van der Waals surface area (Å²) < 4.78 is 28.4. The van der Waals surface area contributed by atoms with Crippen LogP contribution in [0.15, 0.2) is 70.6 Å². The standard InChI is InChI=1S/C24H27NO2S/c1-18-8-10-21(11-9-18)28(26,27)25-15-22-19(2)14-23(20-6-4-3-5-7-20)12-13-24(22,16-23)17-25/h3-11H,12-17H2,1-2H3/t23-,24+/m0/s1. The van der Waals surface area contributed by atoms with E-state index in [9.17, 15) is 8.42 Å². The smallest absolute Gasteiger partial charge is 0.207 e. The molecule has 1 saturated carbocycles. The van der Waals surface area contributed by atoms with Crippen LogP contribution in [0, 0.1) is 12.3 Å². The zero-order chi connectivity index (χ0) is 19.6. The summed E-state index contributed by atoms with van der Waals surface area (Å²) in [4.78, 5) is 0.415. The molecule has 5 rings (SSSR count). The largest absolute Gasteiger partial charge is 0.243 e. The van der Waals surface area contributed by atoms with E-state index in [0.29, 0.717) is 18.0 Å². The maximum atomic E-state index is 13.3. The molecule has 3 aliphatic rings. The molecule has 2 atom stereocenters. The van der Waals surface area contributed by atoms with Crippen molar-refractivity contribution in [3.8, 4) is 0 Å². The van der Waals surface area contributed by atoms with Crippen molar-refractivity contribution in [3.63, 3.8) is 0 Å². The van der Waals surface area contributed by atoms with Gasteiger partial charge < -0.3 is 0 Å². The van der Waals surface area contributed by atoms with E-state index in [0.717, 1.165) is 31.2 Å². The van der Waals surface area contributed by atoms with Crippen molar-refractivity contribution >= 4 is 10.0 Å². The van der Waals surface area contributed by atoms with Crippen molar-refractivity contribution in [1.82, 2.24) is 4.31 Å². The van der Waals surface area contributed by atoms with Crippen LogP contribution >= 0.6 is 0 Å². The first-order valence-corrected chi connectivity index (χ1v) is 11.6. The van der Waals surface area contributed by atoms with Gasteiger partial charge in [0.15, 0.2) is 0 Å². The first kappa shape index (κ1) is 18.1. The average molecular weight is 394 g/mol. The van der Waals surface area contributed by atoms with Crippen LogP contribution in [0.4, 0.5) is 0 Å². The molecule has 2 aromatic carbocycles. The lowest BCUT2D eigenvalue weighted by atomic mass is 9.65. The van der Waals surface area contributed by atoms with Gasteiger partial charge in [-0.15, -0.1) is 0 Å². The highest BCUT2D eigenvalue weighted by Gasteiger charge is 2.58. The molecule has 1 heterocycles. The summed E-state index contributed by atoms with van der Waals surface area (Å²) in [5, 5.41) is 0. The first-order chi connectivity index (χ1) is 13.3. The van der Waals surface area contributed by atoms with Gasteiger partial charge in [0.1, 0.15) is 0 Å². The number of rotatable bonds is 3. The van der Waals surface area contributed by atoms with Gasteiger partial charge in [-0.05, 0) is 68.2 Å². The number of benzene rings is 2. The fourth-order valence-corrected chi connectivity index (χ4v) is 7.55.